The monoisotopic (exact) mass is 231 g/mol. The third-order valence-corrected chi connectivity index (χ3v) is 2.93. The minimum Gasteiger partial charge on any atom is -0.378 e. The fourth-order valence-corrected chi connectivity index (χ4v) is 2.28. The third-order valence-electron chi connectivity index (χ3n) is 2.93. The van der Waals surface area contributed by atoms with Crippen LogP contribution < -0.4 is 5.32 Å². The molecule has 1 aliphatic heterocycles. The lowest BCUT2D eigenvalue weighted by atomic mass is 10.1. The number of hydrogen-bond donors (Lipinski definition) is 1. The number of benzene rings is 1. The van der Waals surface area contributed by atoms with Crippen molar-refractivity contribution in [2.75, 3.05) is 13.2 Å². The van der Waals surface area contributed by atoms with Gasteiger partial charge in [-0.3, -0.25) is 0 Å². The van der Waals surface area contributed by atoms with Gasteiger partial charge in [-0.25, -0.2) is 0 Å². The summed E-state index contributed by atoms with van der Waals surface area (Å²) in [6.45, 7) is 8.00. The van der Waals surface area contributed by atoms with E-state index >= 15 is 0 Å². The minimum absolute atomic E-state index is 0.333. The van der Waals surface area contributed by atoms with Gasteiger partial charge in [0, 0.05) is 12.1 Å². The molecule has 17 heavy (non-hydrogen) atoms. The maximum atomic E-state index is 5.52. The van der Waals surface area contributed by atoms with Gasteiger partial charge in [-0.1, -0.05) is 41.5 Å². The minimum atomic E-state index is 0.333. The summed E-state index contributed by atoms with van der Waals surface area (Å²) < 4.78 is 5.52. The van der Waals surface area contributed by atoms with Crippen LogP contribution in [0.15, 0.2) is 24.3 Å². The first-order chi connectivity index (χ1) is 8.13. The molecule has 2 rings (SSSR count). The lowest BCUT2D eigenvalue weighted by Crippen LogP contribution is -2.46. The van der Waals surface area contributed by atoms with Crippen LogP contribution in [0.1, 0.15) is 23.6 Å². The van der Waals surface area contributed by atoms with E-state index in [1.165, 1.54) is 16.7 Å². The lowest BCUT2D eigenvalue weighted by molar-refractivity contribution is 0.0637. The summed E-state index contributed by atoms with van der Waals surface area (Å²) in [6.07, 6.45) is 4.38. The van der Waals surface area contributed by atoms with Crippen LogP contribution in [-0.4, -0.2) is 25.3 Å². The molecule has 0 radical (unpaired) electrons. The van der Waals surface area contributed by atoms with Gasteiger partial charge in [-0.15, -0.1) is 0 Å². The number of morpholine rings is 1. The van der Waals surface area contributed by atoms with E-state index in [1.807, 2.05) is 0 Å². The van der Waals surface area contributed by atoms with E-state index in [1.54, 1.807) is 0 Å². The van der Waals surface area contributed by atoms with Crippen molar-refractivity contribution in [1.82, 2.24) is 5.32 Å². The van der Waals surface area contributed by atoms with Crippen molar-refractivity contribution < 1.29 is 4.74 Å². The quantitative estimate of drug-likeness (QED) is 0.845. The van der Waals surface area contributed by atoms with Gasteiger partial charge in [0.1, 0.15) is 0 Å². The summed E-state index contributed by atoms with van der Waals surface area (Å²) >= 11 is 0. The van der Waals surface area contributed by atoms with Crippen LogP contribution in [0.3, 0.4) is 0 Å². The molecule has 1 fully saturated rings. The van der Waals surface area contributed by atoms with Gasteiger partial charge in [-0.2, -0.15) is 0 Å². The molecule has 1 heterocycles. The van der Waals surface area contributed by atoms with E-state index in [-0.39, 0.29) is 0 Å². The Morgan fingerprint density at radius 1 is 1.18 bits per heavy atom. The standard InChI is InChI=1S/C15H21NO/c1-11-6-12(2)8-14(7-11)4-5-15-10-17-9-13(3)16-15/h4-8,13,15-16H,9-10H2,1-3H3/b5-4+. The number of hydrogen-bond acceptors (Lipinski definition) is 2. The van der Waals surface area contributed by atoms with Gasteiger partial charge >= 0.3 is 0 Å². The summed E-state index contributed by atoms with van der Waals surface area (Å²) in [5.74, 6) is 0. The molecule has 0 aromatic heterocycles. The topological polar surface area (TPSA) is 21.3 Å². The summed E-state index contributed by atoms with van der Waals surface area (Å²) in [5, 5.41) is 3.50. The van der Waals surface area contributed by atoms with E-state index in [2.05, 4.69) is 56.4 Å². The first kappa shape index (κ1) is 12.3. The summed E-state index contributed by atoms with van der Waals surface area (Å²) in [7, 11) is 0. The molecule has 2 unspecified atom stereocenters. The van der Waals surface area contributed by atoms with E-state index in [4.69, 9.17) is 4.74 Å². The van der Waals surface area contributed by atoms with Crippen molar-refractivity contribution in [3.8, 4) is 0 Å². The molecular formula is C15H21NO. The Morgan fingerprint density at radius 2 is 1.88 bits per heavy atom. The van der Waals surface area contributed by atoms with Crippen molar-refractivity contribution in [1.29, 1.82) is 0 Å². The van der Waals surface area contributed by atoms with Crippen molar-refractivity contribution in [2.45, 2.75) is 32.9 Å². The molecule has 0 bridgehead atoms. The van der Waals surface area contributed by atoms with Crippen molar-refractivity contribution in [3.05, 3.63) is 41.0 Å². The lowest BCUT2D eigenvalue weighted by Gasteiger charge is -2.26. The number of ether oxygens (including phenoxy) is 1. The molecule has 0 aliphatic carbocycles. The van der Waals surface area contributed by atoms with Gasteiger partial charge in [0.05, 0.1) is 13.2 Å². The third kappa shape index (κ3) is 3.69. The molecule has 0 amide bonds. The van der Waals surface area contributed by atoms with E-state index < -0.39 is 0 Å². The molecule has 2 nitrogen and oxygen atoms in total. The molecule has 92 valence electrons. The average molecular weight is 231 g/mol. The molecular weight excluding hydrogens is 210 g/mol. The predicted octanol–water partition coefficient (Wildman–Crippen LogP) is 2.69. The highest BCUT2D eigenvalue weighted by molar-refractivity contribution is 5.52. The molecule has 0 saturated carbocycles. The molecule has 1 saturated heterocycles. The van der Waals surface area contributed by atoms with E-state index in [9.17, 15) is 0 Å². The number of nitrogens with one attached hydrogen (secondary N) is 1. The van der Waals surface area contributed by atoms with Crippen LogP contribution >= 0.6 is 0 Å². The van der Waals surface area contributed by atoms with Crippen molar-refractivity contribution >= 4 is 6.08 Å². The fraction of sp³-hybridized carbons (Fsp3) is 0.467. The highest BCUT2D eigenvalue weighted by Crippen LogP contribution is 2.11. The van der Waals surface area contributed by atoms with Crippen LogP contribution in [0, 0.1) is 13.8 Å². The largest absolute Gasteiger partial charge is 0.378 e. The van der Waals surface area contributed by atoms with E-state index in [0.717, 1.165) is 13.2 Å². The second-order valence-electron chi connectivity index (χ2n) is 4.99. The Labute approximate surface area is 104 Å². The first-order valence-corrected chi connectivity index (χ1v) is 6.24. The average Bonchev–Trinajstić information content (AvgIpc) is 2.25. The van der Waals surface area contributed by atoms with Crippen LogP contribution in [-0.2, 0) is 4.74 Å². The number of rotatable bonds is 2. The smallest absolute Gasteiger partial charge is 0.0656 e. The highest BCUT2D eigenvalue weighted by atomic mass is 16.5. The van der Waals surface area contributed by atoms with E-state index in [0.29, 0.717) is 12.1 Å². The SMILES string of the molecule is Cc1cc(C)cc(/C=C/C2COCC(C)N2)c1. The Kier molecular flexibility index (Phi) is 3.97. The Bertz CT molecular complexity index is 391. The zero-order chi connectivity index (χ0) is 12.3. The fourth-order valence-electron chi connectivity index (χ4n) is 2.28. The first-order valence-electron chi connectivity index (χ1n) is 6.24. The van der Waals surface area contributed by atoms with Crippen LogP contribution in [0.5, 0.6) is 0 Å². The van der Waals surface area contributed by atoms with Crippen LogP contribution in [0.2, 0.25) is 0 Å². The van der Waals surface area contributed by atoms with Gasteiger partial charge in [0.2, 0.25) is 0 Å². The molecule has 0 spiro atoms. The normalized spacial score (nSPS) is 25.4. The van der Waals surface area contributed by atoms with Crippen molar-refractivity contribution in [2.24, 2.45) is 0 Å². The molecule has 1 aliphatic rings. The molecule has 2 atom stereocenters. The predicted molar refractivity (Wildman–Crippen MR) is 72.2 cm³/mol. The van der Waals surface area contributed by atoms with Crippen LogP contribution in [0.4, 0.5) is 0 Å². The van der Waals surface area contributed by atoms with Crippen molar-refractivity contribution in [3.63, 3.8) is 0 Å². The Hall–Kier alpha value is -1.12. The zero-order valence-corrected chi connectivity index (χ0v) is 10.9. The summed E-state index contributed by atoms with van der Waals surface area (Å²) in [5.41, 5.74) is 3.89. The Morgan fingerprint density at radius 3 is 2.53 bits per heavy atom. The number of aryl methyl sites for hydroxylation is 2. The highest BCUT2D eigenvalue weighted by Gasteiger charge is 2.15. The van der Waals surface area contributed by atoms with Gasteiger partial charge in [-0.05, 0) is 26.3 Å². The molecule has 1 aromatic carbocycles. The second kappa shape index (κ2) is 5.48. The molecule has 1 aromatic rings. The molecule has 2 heteroatoms. The maximum Gasteiger partial charge on any atom is 0.0656 e. The summed E-state index contributed by atoms with van der Waals surface area (Å²) in [4.78, 5) is 0. The van der Waals surface area contributed by atoms with Gasteiger partial charge in [0.15, 0.2) is 0 Å². The van der Waals surface area contributed by atoms with Gasteiger partial charge in [0.25, 0.3) is 0 Å². The zero-order valence-electron chi connectivity index (χ0n) is 10.9. The summed E-state index contributed by atoms with van der Waals surface area (Å²) in [6, 6.07) is 7.38. The second-order valence-corrected chi connectivity index (χ2v) is 4.99. The van der Waals surface area contributed by atoms with Gasteiger partial charge < -0.3 is 10.1 Å². The van der Waals surface area contributed by atoms with Crippen LogP contribution in [0.25, 0.3) is 6.08 Å². The molecule has 1 N–H and O–H groups in total. The Balaban J connectivity index is 2.04. The maximum absolute atomic E-state index is 5.52.